The van der Waals surface area contributed by atoms with Gasteiger partial charge in [-0.1, -0.05) is 35.0 Å². The summed E-state index contributed by atoms with van der Waals surface area (Å²) in [6.45, 7) is 1.90. The highest BCUT2D eigenvalue weighted by atomic mass is 79.9. The number of benzene rings is 1. The number of nitrogens with one attached hydrogen (secondary N) is 2. The van der Waals surface area contributed by atoms with Crippen LogP contribution in [0.3, 0.4) is 0 Å². The number of aromatic amines is 1. The number of pyridine rings is 1. The molecule has 0 fully saturated rings. The fourth-order valence-corrected chi connectivity index (χ4v) is 3.53. The van der Waals surface area contributed by atoms with Gasteiger partial charge in [-0.2, -0.15) is 0 Å². The Bertz CT molecular complexity index is 872. The molecule has 124 valence electrons. The minimum Gasteiger partial charge on any atom is -0.331 e. The zero-order chi connectivity index (χ0) is 17.3. The first-order chi connectivity index (χ1) is 11.4. The molecule has 0 saturated carbocycles. The van der Waals surface area contributed by atoms with E-state index in [1.54, 1.807) is 18.2 Å². The molecule has 0 radical (unpaired) electrons. The van der Waals surface area contributed by atoms with Crippen molar-refractivity contribution in [2.24, 2.45) is 0 Å². The maximum atomic E-state index is 12.0. The van der Waals surface area contributed by atoms with Crippen LogP contribution in [-0.4, -0.2) is 26.6 Å². The number of anilines is 1. The molecule has 0 bridgehead atoms. The quantitative estimate of drug-likeness (QED) is 0.550. The highest BCUT2D eigenvalue weighted by molar-refractivity contribution is 9.10. The van der Waals surface area contributed by atoms with E-state index < -0.39 is 0 Å². The predicted octanol–water partition coefficient (Wildman–Crippen LogP) is 5.07. The number of aromatic nitrogens is 3. The number of aryl methyl sites for hydroxylation is 1. The second-order valence-electron chi connectivity index (χ2n) is 4.96. The predicted molar refractivity (Wildman–Crippen MR) is 102 cm³/mol. The van der Waals surface area contributed by atoms with Gasteiger partial charge < -0.3 is 10.3 Å². The molecule has 0 atom stereocenters. The molecule has 0 spiro atoms. The molecule has 0 aliphatic carbocycles. The number of hydrogen-bond acceptors (Lipinski definition) is 4. The Morgan fingerprint density at radius 1 is 1.25 bits per heavy atom. The average molecular weight is 446 g/mol. The van der Waals surface area contributed by atoms with Crippen LogP contribution in [0, 0.1) is 6.92 Å². The lowest BCUT2D eigenvalue weighted by Gasteiger charge is -2.05. The number of imidazole rings is 1. The van der Waals surface area contributed by atoms with E-state index in [-0.39, 0.29) is 11.7 Å². The number of carbonyl (C=O) groups excluding carboxylic acids is 1. The number of hydrogen-bond donors (Lipinski definition) is 2. The molecule has 0 aliphatic heterocycles. The van der Waals surface area contributed by atoms with Gasteiger partial charge in [-0.25, -0.2) is 9.97 Å². The molecule has 0 unspecified atom stereocenters. The average Bonchev–Trinajstić information content (AvgIpc) is 2.86. The Morgan fingerprint density at radius 3 is 2.67 bits per heavy atom. The van der Waals surface area contributed by atoms with Crippen molar-refractivity contribution in [1.82, 2.24) is 15.0 Å². The summed E-state index contributed by atoms with van der Waals surface area (Å²) in [7, 11) is 0. The van der Waals surface area contributed by atoms with Crippen LogP contribution in [-0.2, 0) is 4.79 Å². The van der Waals surface area contributed by atoms with Gasteiger partial charge >= 0.3 is 0 Å². The van der Waals surface area contributed by atoms with Crippen molar-refractivity contribution < 1.29 is 4.79 Å². The summed E-state index contributed by atoms with van der Waals surface area (Å²) >= 11 is 16.5. The summed E-state index contributed by atoms with van der Waals surface area (Å²) in [5.74, 6) is 0.0218. The van der Waals surface area contributed by atoms with Crippen LogP contribution >= 0.6 is 50.9 Å². The van der Waals surface area contributed by atoms with Crippen LogP contribution < -0.4 is 5.32 Å². The van der Waals surface area contributed by atoms with Crippen LogP contribution in [0.15, 0.2) is 33.9 Å². The standard InChI is InChI=1S/C15H11BrCl2N4OS/c1-7-11(16)5-12-14(19-7)22-15(21-12)24-6-13(23)20-10-3-8(17)2-9(18)4-10/h2-5H,6H2,1H3,(H,20,23)(H,19,21,22). The van der Waals surface area contributed by atoms with Crippen molar-refractivity contribution in [2.75, 3.05) is 11.1 Å². The van der Waals surface area contributed by atoms with Crippen LogP contribution in [0.2, 0.25) is 10.0 Å². The normalized spacial score (nSPS) is 11.0. The number of nitrogens with zero attached hydrogens (tertiary/aromatic N) is 2. The summed E-state index contributed by atoms with van der Waals surface area (Å²) < 4.78 is 0.908. The largest absolute Gasteiger partial charge is 0.331 e. The Morgan fingerprint density at radius 2 is 1.96 bits per heavy atom. The van der Waals surface area contributed by atoms with Crippen molar-refractivity contribution >= 4 is 73.7 Å². The molecular weight excluding hydrogens is 435 g/mol. The fraction of sp³-hybridized carbons (Fsp3) is 0.133. The van der Waals surface area contributed by atoms with Crippen LogP contribution in [0.4, 0.5) is 5.69 Å². The van der Waals surface area contributed by atoms with Gasteiger partial charge in [0.2, 0.25) is 5.91 Å². The highest BCUT2D eigenvalue weighted by Gasteiger charge is 2.10. The molecule has 1 aromatic carbocycles. The second kappa shape index (κ2) is 7.31. The molecule has 24 heavy (non-hydrogen) atoms. The number of fused-ring (bicyclic) bond motifs is 1. The molecule has 1 amide bonds. The third kappa shape index (κ3) is 4.22. The summed E-state index contributed by atoms with van der Waals surface area (Å²) in [4.78, 5) is 23.9. The van der Waals surface area contributed by atoms with E-state index in [0.29, 0.717) is 26.5 Å². The van der Waals surface area contributed by atoms with Gasteiger partial charge in [-0.05, 0) is 47.1 Å². The molecule has 0 saturated heterocycles. The Balaban J connectivity index is 1.65. The first-order valence-corrected chi connectivity index (χ1v) is 9.36. The van der Waals surface area contributed by atoms with Crippen molar-refractivity contribution in [3.05, 3.63) is 44.5 Å². The lowest BCUT2D eigenvalue weighted by atomic mass is 10.3. The van der Waals surface area contributed by atoms with Crippen molar-refractivity contribution in [1.29, 1.82) is 0 Å². The first-order valence-electron chi connectivity index (χ1n) is 6.82. The molecule has 2 aromatic heterocycles. The lowest BCUT2D eigenvalue weighted by molar-refractivity contribution is -0.113. The SMILES string of the molecule is Cc1nc2nc(SCC(=O)Nc3cc(Cl)cc(Cl)c3)[nH]c2cc1Br. The third-order valence-electron chi connectivity index (χ3n) is 3.07. The van der Waals surface area contributed by atoms with Crippen LogP contribution in [0.5, 0.6) is 0 Å². The summed E-state index contributed by atoms with van der Waals surface area (Å²) in [6.07, 6.45) is 0. The summed E-state index contributed by atoms with van der Waals surface area (Å²) in [5.41, 5.74) is 2.86. The van der Waals surface area contributed by atoms with Crippen molar-refractivity contribution in [3.8, 4) is 0 Å². The summed E-state index contributed by atoms with van der Waals surface area (Å²) in [5, 5.41) is 4.32. The number of rotatable bonds is 4. The monoisotopic (exact) mass is 444 g/mol. The number of halogens is 3. The Labute approximate surface area is 160 Å². The molecule has 0 aliphatic rings. The minimum absolute atomic E-state index is 0.177. The van der Waals surface area contributed by atoms with Crippen molar-refractivity contribution in [2.45, 2.75) is 12.1 Å². The Hall–Kier alpha value is -1.28. The van der Waals surface area contributed by atoms with Gasteiger partial charge in [0, 0.05) is 20.2 Å². The van der Waals surface area contributed by atoms with Gasteiger partial charge in [0.25, 0.3) is 0 Å². The summed E-state index contributed by atoms with van der Waals surface area (Å²) in [6, 6.07) is 6.81. The lowest BCUT2D eigenvalue weighted by Crippen LogP contribution is -2.14. The van der Waals surface area contributed by atoms with E-state index in [1.807, 2.05) is 13.0 Å². The van der Waals surface area contributed by atoms with Gasteiger partial charge in [-0.15, -0.1) is 0 Å². The molecule has 3 rings (SSSR count). The van der Waals surface area contributed by atoms with E-state index >= 15 is 0 Å². The fourth-order valence-electron chi connectivity index (χ4n) is 2.01. The van der Waals surface area contributed by atoms with E-state index in [9.17, 15) is 4.79 Å². The van der Waals surface area contributed by atoms with Gasteiger partial charge in [-0.3, -0.25) is 4.79 Å². The van der Waals surface area contributed by atoms with Gasteiger partial charge in [0.05, 0.1) is 17.0 Å². The first kappa shape index (κ1) is 17.5. The van der Waals surface area contributed by atoms with Gasteiger partial charge in [0.1, 0.15) is 0 Å². The minimum atomic E-state index is -0.177. The third-order valence-corrected chi connectivity index (χ3v) is 5.18. The molecule has 5 nitrogen and oxygen atoms in total. The molecule has 2 N–H and O–H groups in total. The van der Waals surface area contributed by atoms with Crippen LogP contribution in [0.1, 0.15) is 5.69 Å². The van der Waals surface area contributed by atoms with E-state index in [1.165, 1.54) is 11.8 Å². The van der Waals surface area contributed by atoms with Gasteiger partial charge in [0.15, 0.2) is 10.8 Å². The maximum absolute atomic E-state index is 12.0. The smallest absolute Gasteiger partial charge is 0.234 e. The topological polar surface area (TPSA) is 70.7 Å². The molecule has 2 heterocycles. The number of amides is 1. The zero-order valence-electron chi connectivity index (χ0n) is 12.4. The number of carbonyl (C=O) groups is 1. The number of thioether (sulfide) groups is 1. The van der Waals surface area contributed by atoms with E-state index in [2.05, 4.69) is 36.2 Å². The molecule has 3 aromatic rings. The van der Waals surface area contributed by atoms with E-state index in [4.69, 9.17) is 23.2 Å². The molecular formula is C15H11BrCl2N4OS. The number of H-pyrrole nitrogens is 1. The molecule has 9 heteroatoms. The van der Waals surface area contributed by atoms with Crippen LogP contribution in [0.25, 0.3) is 11.2 Å². The highest BCUT2D eigenvalue weighted by Crippen LogP contribution is 2.24. The Kier molecular flexibility index (Phi) is 5.34. The van der Waals surface area contributed by atoms with Crippen molar-refractivity contribution in [3.63, 3.8) is 0 Å². The zero-order valence-corrected chi connectivity index (χ0v) is 16.3. The second-order valence-corrected chi connectivity index (χ2v) is 7.65. The van der Waals surface area contributed by atoms with E-state index in [0.717, 1.165) is 15.7 Å². The maximum Gasteiger partial charge on any atom is 0.234 e.